The molecule has 2 aliphatic heterocycles. The molecule has 0 radical (unpaired) electrons. The number of rotatable bonds is 4. The van der Waals surface area contributed by atoms with Gasteiger partial charge in [-0.3, -0.25) is 9.59 Å². The van der Waals surface area contributed by atoms with Crippen LogP contribution in [-0.2, 0) is 19.1 Å². The highest BCUT2D eigenvalue weighted by atomic mass is 28.4. The first-order valence-electron chi connectivity index (χ1n) is 15.2. The van der Waals surface area contributed by atoms with Crippen molar-refractivity contribution in [2.45, 2.75) is 110 Å². The molecule has 1 aromatic rings. The average Bonchev–Trinajstić information content (AvgIpc) is 3.35. The summed E-state index contributed by atoms with van der Waals surface area (Å²) >= 11 is 0. The highest BCUT2D eigenvalue weighted by molar-refractivity contribution is 6.74. The van der Waals surface area contributed by atoms with Crippen LogP contribution in [0.3, 0.4) is 0 Å². The Labute approximate surface area is 240 Å². The zero-order valence-corrected chi connectivity index (χ0v) is 26.7. The van der Waals surface area contributed by atoms with Gasteiger partial charge < -0.3 is 13.9 Å². The molecule has 2 saturated heterocycles. The van der Waals surface area contributed by atoms with E-state index in [2.05, 4.69) is 78.9 Å². The number of carbonyl (C=O) groups excluding carboxylic acids is 2. The van der Waals surface area contributed by atoms with Gasteiger partial charge in [-0.25, -0.2) is 0 Å². The number of benzene rings is 1. The van der Waals surface area contributed by atoms with E-state index in [4.69, 9.17) is 13.9 Å². The van der Waals surface area contributed by atoms with Crippen molar-refractivity contribution in [2.75, 3.05) is 0 Å². The van der Waals surface area contributed by atoms with E-state index < -0.39 is 19.1 Å². The lowest BCUT2D eigenvalue weighted by Gasteiger charge is -2.58. The van der Waals surface area contributed by atoms with Crippen molar-refractivity contribution in [1.29, 1.82) is 0 Å². The molecule has 0 unspecified atom stereocenters. The quantitative estimate of drug-likeness (QED) is 0.218. The minimum absolute atomic E-state index is 0.0247. The van der Waals surface area contributed by atoms with E-state index in [1.54, 1.807) is 12.2 Å². The molecule has 0 N–H and O–H groups in total. The number of hydrogen-bond donors (Lipinski definition) is 0. The van der Waals surface area contributed by atoms with Gasteiger partial charge in [0.1, 0.15) is 11.9 Å². The van der Waals surface area contributed by atoms with Crippen molar-refractivity contribution in [3.63, 3.8) is 0 Å². The number of ether oxygens (including phenoxy) is 2. The molecule has 6 heteroatoms. The van der Waals surface area contributed by atoms with E-state index in [9.17, 15) is 9.59 Å². The molecule has 5 nitrogen and oxygen atoms in total. The smallest absolute Gasteiger partial charge is 0.316 e. The van der Waals surface area contributed by atoms with Crippen LogP contribution in [-0.4, -0.2) is 38.4 Å². The van der Waals surface area contributed by atoms with Crippen molar-refractivity contribution in [2.24, 2.45) is 28.6 Å². The second-order valence-electron chi connectivity index (χ2n) is 15.0. The predicted octanol–water partition coefficient (Wildman–Crippen LogP) is 7.38. The van der Waals surface area contributed by atoms with E-state index in [0.717, 1.165) is 25.0 Å². The molecule has 6 rings (SSSR count). The first kappa shape index (κ1) is 28.0. The first-order chi connectivity index (χ1) is 18.6. The summed E-state index contributed by atoms with van der Waals surface area (Å²) in [4.78, 5) is 26.8. The lowest BCUT2D eigenvalue weighted by atomic mass is 9.45. The molecule has 40 heavy (non-hydrogen) atoms. The third-order valence-electron chi connectivity index (χ3n) is 12.0. The van der Waals surface area contributed by atoms with Gasteiger partial charge in [0.15, 0.2) is 5.78 Å². The molecule has 0 amide bonds. The molecular weight excluding hydrogens is 516 g/mol. The number of allylic oxidation sites excluding steroid dienone is 2. The fourth-order valence-corrected chi connectivity index (χ4v) is 9.77. The van der Waals surface area contributed by atoms with E-state index in [0.29, 0.717) is 5.92 Å². The Kier molecular flexibility index (Phi) is 6.23. The third-order valence-corrected chi connectivity index (χ3v) is 16.4. The summed E-state index contributed by atoms with van der Waals surface area (Å²) < 4.78 is 19.6. The molecule has 2 heterocycles. The van der Waals surface area contributed by atoms with E-state index in [1.165, 1.54) is 16.7 Å². The minimum atomic E-state index is -1.90. The summed E-state index contributed by atoms with van der Waals surface area (Å²) in [5.41, 5.74) is 2.68. The standard InChI is InChI=1S/C34H46O5Si/c1-10-25-24-17-23-19(2)22(20-11-13-21(14-12-20)39-40(8,9)32(3,4)5)18-26(23)37-28(24)29-30-33(6,31(36)38-29)16-15-27(35)34(25,30)7/h11-16,22,24-26,28-30H,10,17-18H2,1-9H3/t22-,24-,25-,26-,28-,29-,30-,33+,34-/m0/s1. The largest absolute Gasteiger partial charge is 0.544 e. The maximum absolute atomic E-state index is 13.5. The fraction of sp³-hybridized carbons (Fsp3) is 0.647. The van der Waals surface area contributed by atoms with Crippen LogP contribution < -0.4 is 4.43 Å². The van der Waals surface area contributed by atoms with Crippen molar-refractivity contribution < 1.29 is 23.5 Å². The molecule has 1 aromatic carbocycles. The summed E-state index contributed by atoms with van der Waals surface area (Å²) in [5.74, 6) is 1.27. The summed E-state index contributed by atoms with van der Waals surface area (Å²) in [6, 6.07) is 8.71. The zero-order chi connectivity index (χ0) is 29.0. The van der Waals surface area contributed by atoms with Gasteiger partial charge in [-0.05, 0) is 86.0 Å². The van der Waals surface area contributed by atoms with Crippen LogP contribution in [0.2, 0.25) is 18.1 Å². The second-order valence-corrected chi connectivity index (χ2v) is 19.7. The molecule has 3 fully saturated rings. The Bertz CT molecular complexity index is 1300. The molecule has 1 saturated carbocycles. The van der Waals surface area contributed by atoms with E-state index in [-0.39, 0.29) is 52.9 Å². The van der Waals surface area contributed by atoms with Crippen LogP contribution in [0.5, 0.6) is 5.75 Å². The zero-order valence-electron chi connectivity index (χ0n) is 25.7. The number of esters is 1. The molecule has 216 valence electrons. The molecule has 3 aliphatic carbocycles. The van der Waals surface area contributed by atoms with Gasteiger partial charge in [0.2, 0.25) is 8.32 Å². The van der Waals surface area contributed by atoms with Gasteiger partial charge in [0.25, 0.3) is 0 Å². The van der Waals surface area contributed by atoms with Crippen molar-refractivity contribution in [1.82, 2.24) is 0 Å². The Morgan fingerprint density at radius 1 is 1.07 bits per heavy atom. The summed E-state index contributed by atoms with van der Waals surface area (Å²) in [6.07, 6.45) is 5.63. The van der Waals surface area contributed by atoms with Gasteiger partial charge in [-0.15, -0.1) is 0 Å². The Morgan fingerprint density at radius 2 is 1.75 bits per heavy atom. The molecule has 9 atom stereocenters. The third kappa shape index (κ3) is 3.74. The van der Waals surface area contributed by atoms with Gasteiger partial charge in [-0.2, -0.15) is 0 Å². The average molecular weight is 563 g/mol. The Balaban J connectivity index is 1.29. The van der Waals surface area contributed by atoms with E-state index in [1.807, 2.05) is 6.92 Å². The Morgan fingerprint density at radius 3 is 2.38 bits per heavy atom. The van der Waals surface area contributed by atoms with Crippen LogP contribution in [0, 0.1) is 28.6 Å². The molecule has 0 spiro atoms. The van der Waals surface area contributed by atoms with Gasteiger partial charge in [0, 0.05) is 17.3 Å². The van der Waals surface area contributed by atoms with Gasteiger partial charge in [0.05, 0.1) is 17.6 Å². The summed E-state index contributed by atoms with van der Waals surface area (Å²) in [6.45, 7) is 19.8. The molecule has 0 aromatic heterocycles. The highest BCUT2D eigenvalue weighted by Crippen LogP contribution is 2.65. The second kappa shape index (κ2) is 8.91. The molecule has 5 aliphatic rings. The monoisotopic (exact) mass is 562 g/mol. The van der Waals surface area contributed by atoms with Crippen molar-refractivity contribution >= 4 is 20.1 Å². The minimum Gasteiger partial charge on any atom is -0.544 e. The van der Waals surface area contributed by atoms with Gasteiger partial charge >= 0.3 is 5.97 Å². The first-order valence-corrected chi connectivity index (χ1v) is 18.1. The van der Waals surface area contributed by atoms with E-state index >= 15 is 0 Å². The van der Waals surface area contributed by atoms with Crippen LogP contribution in [0.15, 0.2) is 47.6 Å². The maximum atomic E-state index is 13.5. The number of fused-ring (bicyclic) bond motifs is 3. The van der Waals surface area contributed by atoms with Gasteiger partial charge in [-0.1, -0.05) is 64.8 Å². The van der Waals surface area contributed by atoms with Crippen molar-refractivity contribution in [3.8, 4) is 5.75 Å². The van der Waals surface area contributed by atoms with Crippen molar-refractivity contribution in [3.05, 3.63) is 53.1 Å². The topological polar surface area (TPSA) is 61.8 Å². The van der Waals surface area contributed by atoms with Crippen LogP contribution in [0.4, 0.5) is 0 Å². The predicted molar refractivity (Wildman–Crippen MR) is 159 cm³/mol. The lowest BCUT2D eigenvalue weighted by Crippen LogP contribution is -2.64. The Hall–Kier alpha value is -2.18. The lowest BCUT2D eigenvalue weighted by molar-refractivity contribution is -0.202. The maximum Gasteiger partial charge on any atom is 0.316 e. The summed E-state index contributed by atoms with van der Waals surface area (Å²) in [7, 11) is -1.90. The van der Waals surface area contributed by atoms with Crippen LogP contribution in [0.25, 0.3) is 0 Å². The highest BCUT2D eigenvalue weighted by Gasteiger charge is 2.72. The summed E-state index contributed by atoms with van der Waals surface area (Å²) in [5, 5.41) is 0.151. The number of ketones is 1. The number of carbonyl (C=O) groups is 2. The van der Waals surface area contributed by atoms with Crippen LogP contribution in [0.1, 0.15) is 79.2 Å². The fourth-order valence-electron chi connectivity index (χ4n) is 8.74. The molecule has 0 bridgehead atoms. The normalized spacial score (nSPS) is 40.5. The SMILES string of the molecule is CC[C@H]1[C@@H]2CC3=C(C)[C@@H](c4ccc(O[Si](C)(C)C(C)(C)C)cc4)C[C@@H]3O[C@@H]2[C@@H]2OC(=O)[C@]3(C)C=CC(=O)[C@@]1(C)[C@@H]23. The molecular formula is C34H46O5Si. The number of hydrogen-bond acceptors (Lipinski definition) is 5. The van der Waals surface area contributed by atoms with Crippen LogP contribution >= 0.6 is 0 Å².